The van der Waals surface area contributed by atoms with Gasteiger partial charge in [-0.05, 0) is 44.6 Å². The summed E-state index contributed by atoms with van der Waals surface area (Å²) in [6.45, 7) is 2.55. The molecule has 3 unspecified atom stereocenters. The second kappa shape index (κ2) is 9.01. The van der Waals surface area contributed by atoms with E-state index in [1.165, 1.54) is 31.4 Å². The highest BCUT2D eigenvalue weighted by Gasteiger charge is 2.24. The quantitative estimate of drug-likeness (QED) is 0.618. The molecule has 1 aliphatic rings. The topological polar surface area (TPSA) is 45.7 Å². The SMILES string of the molecule is CN=C(NCC(C)Oc1cccc(F)c1)NC1CCC(SC)C1. The molecule has 0 bridgehead atoms. The predicted octanol–water partition coefficient (Wildman–Crippen LogP) is 3.04. The molecule has 6 heteroatoms. The molecule has 2 rings (SSSR count). The lowest BCUT2D eigenvalue weighted by Gasteiger charge is -2.20. The zero-order chi connectivity index (χ0) is 16.7. The number of rotatable bonds is 6. The highest BCUT2D eigenvalue weighted by molar-refractivity contribution is 7.99. The van der Waals surface area contributed by atoms with E-state index >= 15 is 0 Å². The molecular weight excluding hydrogens is 313 g/mol. The fraction of sp³-hybridized carbons (Fsp3) is 0.588. The molecule has 1 aromatic carbocycles. The number of ether oxygens (including phenoxy) is 1. The van der Waals surface area contributed by atoms with Crippen molar-refractivity contribution in [3.63, 3.8) is 0 Å². The van der Waals surface area contributed by atoms with Crippen LogP contribution in [0.4, 0.5) is 4.39 Å². The van der Waals surface area contributed by atoms with Gasteiger partial charge < -0.3 is 15.4 Å². The third kappa shape index (κ3) is 5.94. The van der Waals surface area contributed by atoms with Crippen LogP contribution in [0.5, 0.6) is 5.75 Å². The standard InChI is InChI=1S/C17H26FN3OS/c1-12(22-15-6-4-5-13(18)9-15)11-20-17(19-2)21-14-7-8-16(10-14)23-3/h4-6,9,12,14,16H,7-8,10-11H2,1-3H3,(H2,19,20,21). The molecule has 1 fully saturated rings. The summed E-state index contributed by atoms with van der Waals surface area (Å²) in [5.41, 5.74) is 0. The lowest BCUT2D eigenvalue weighted by molar-refractivity contribution is 0.223. The molecular formula is C17H26FN3OS. The van der Waals surface area contributed by atoms with Gasteiger partial charge in [0.2, 0.25) is 0 Å². The third-order valence-corrected chi connectivity index (χ3v) is 5.07. The van der Waals surface area contributed by atoms with Gasteiger partial charge in [-0.25, -0.2) is 4.39 Å². The highest BCUT2D eigenvalue weighted by Crippen LogP contribution is 2.27. The van der Waals surface area contributed by atoms with Gasteiger partial charge in [-0.15, -0.1) is 0 Å². The van der Waals surface area contributed by atoms with E-state index in [1.54, 1.807) is 19.2 Å². The first-order chi connectivity index (χ1) is 11.1. The van der Waals surface area contributed by atoms with Crippen molar-refractivity contribution in [1.29, 1.82) is 0 Å². The number of nitrogens with one attached hydrogen (secondary N) is 2. The molecule has 0 saturated heterocycles. The summed E-state index contributed by atoms with van der Waals surface area (Å²) in [7, 11) is 1.77. The second-order valence-electron chi connectivity index (χ2n) is 5.85. The summed E-state index contributed by atoms with van der Waals surface area (Å²) in [5, 5.41) is 7.50. The van der Waals surface area contributed by atoms with Crippen molar-refractivity contribution in [3.8, 4) is 5.75 Å². The second-order valence-corrected chi connectivity index (χ2v) is 6.99. The minimum atomic E-state index is -0.287. The lowest BCUT2D eigenvalue weighted by Crippen LogP contribution is -2.45. The van der Waals surface area contributed by atoms with E-state index in [2.05, 4.69) is 21.9 Å². The number of guanidine groups is 1. The monoisotopic (exact) mass is 339 g/mol. The normalized spacial score (nSPS) is 22.7. The lowest BCUT2D eigenvalue weighted by atomic mass is 10.2. The van der Waals surface area contributed by atoms with E-state index in [0.29, 0.717) is 18.3 Å². The number of aliphatic imine (C=N–C) groups is 1. The Morgan fingerprint density at radius 1 is 1.48 bits per heavy atom. The molecule has 0 spiro atoms. The van der Waals surface area contributed by atoms with Crippen LogP contribution < -0.4 is 15.4 Å². The summed E-state index contributed by atoms with van der Waals surface area (Å²) >= 11 is 1.94. The molecule has 0 amide bonds. The first-order valence-electron chi connectivity index (χ1n) is 8.03. The average Bonchev–Trinajstić information content (AvgIpc) is 2.99. The van der Waals surface area contributed by atoms with Crippen LogP contribution in [0.1, 0.15) is 26.2 Å². The fourth-order valence-corrected chi connectivity index (χ4v) is 3.52. The van der Waals surface area contributed by atoms with E-state index in [-0.39, 0.29) is 11.9 Å². The van der Waals surface area contributed by atoms with Crippen molar-refractivity contribution >= 4 is 17.7 Å². The Hall–Kier alpha value is -1.43. The van der Waals surface area contributed by atoms with Crippen LogP contribution in [0.3, 0.4) is 0 Å². The van der Waals surface area contributed by atoms with Crippen LogP contribution >= 0.6 is 11.8 Å². The van der Waals surface area contributed by atoms with Gasteiger partial charge in [-0.1, -0.05) is 6.07 Å². The van der Waals surface area contributed by atoms with Crippen molar-refractivity contribution in [2.45, 2.75) is 43.6 Å². The average molecular weight is 339 g/mol. The molecule has 0 heterocycles. The largest absolute Gasteiger partial charge is 0.489 e. The Kier molecular flexibility index (Phi) is 7.02. The van der Waals surface area contributed by atoms with Crippen LogP contribution in [-0.4, -0.2) is 43.2 Å². The number of hydrogen-bond acceptors (Lipinski definition) is 3. The summed E-state index contributed by atoms with van der Waals surface area (Å²) in [5.74, 6) is 1.05. The van der Waals surface area contributed by atoms with Crippen LogP contribution in [0, 0.1) is 5.82 Å². The van der Waals surface area contributed by atoms with E-state index < -0.39 is 0 Å². The van der Waals surface area contributed by atoms with Crippen molar-refractivity contribution in [1.82, 2.24) is 10.6 Å². The van der Waals surface area contributed by atoms with Gasteiger partial charge in [0.15, 0.2) is 5.96 Å². The molecule has 1 saturated carbocycles. The maximum Gasteiger partial charge on any atom is 0.191 e. The van der Waals surface area contributed by atoms with Crippen LogP contribution in [0.2, 0.25) is 0 Å². The fourth-order valence-electron chi connectivity index (χ4n) is 2.73. The molecule has 128 valence electrons. The summed E-state index contributed by atoms with van der Waals surface area (Å²) < 4.78 is 18.9. The van der Waals surface area contributed by atoms with E-state index in [0.717, 1.165) is 11.2 Å². The molecule has 0 radical (unpaired) electrons. The van der Waals surface area contributed by atoms with Gasteiger partial charge in [-0.3, -0.25) is 4.99 Å². The van der Waals surface area contributed by atoms with Gasteiger partial charge >= 0.3 is 0 Å². The maximum atomic E-state index is 13.1. The van der Waals surface area contributed by atoms with Crippen molar-refractivity contribution in [2.24, 2.45) is 4.99 Å². The molecule has 1 aliphatic carbocycles. The summed E-state index contributed by atoms with van der Waals surface area (Å²) in [4.78, 5) is 4.27. The number of benzene rings is 1. The molecule has 4 nitrogen and oxygen atoms in total. The van der Waals surface area contributed by atoms with Gasteiger partial charge in [0.25, 0.3) is 0 Å². The number of nitrogens with zero attached hydrogens (tertiary/aromatic N) is 1. The number of halogens is 1. The Morgan fingerprint density at radius 2 is 2.30 bits per heavy atom. The highest BCUT2D eigenvalue weighted by atomic mass is 32.2. The first-order valence-corrected chi connectivity index (χ1v) is 9.31. The minimum absolute atomic E-state index is 0.0853. The molecule has 2 N–H and O–H groups in total. The Morgan fingerprint density at radius 3 is 2.96 bits per heavy atom. The van der Waals surface area contributed by atoms with Gasteiger partial charge in [0.1, 0.15) is 17.7 Å². The van der Waals surface area contributed by atoms with E-state index in [9.17, 15) is 4.39 Å². The van der Waals surface area contributed by atoms with Crippen LogP contribution in [-0.2, 0) is 0 Å². The van der Waals surface area contributed by atoms with Crippen molar-refractivity contribution < 1.29 is 9.13 Å². The Labute approximate surface area is 142 Å². The van der Waals surface area contributed by atoms with Gasteiger partial charge in [-0.2, -0.15) is 11.8 Å². The molecule has 0 aliphatic heterocycles. The van der Waals surface area contributed by atoms with E-state index in [1.807, 2.05) is 18.7 Å². The maximum absolute atomic E-state index is 13.1. The van der Waals surface area contributed by atoms with Crippen LogP contribution in [0.15, 0.2) is 29.3 Å². The minimum Gasteiger partial charge on any atom is -0.489 e. The summed E-state index contributed by atoms with van der Waals surface area (Å²) in [6.07, 6.45) is 5.71. The number of thioether (sulfide) groups is 1. The first kappa shape index (κ1) is 17.9. The third-order valence-electron chi connectivity index (χ3n) is 3.97. The van der Waals surface area contributed by atoms with Crippen molar-refractivity contribution in [2.75, 3.05) is 19.8 Å². The zero-order valence-corrected chi connectivity index (χ0v) is 14.8. The summed E-state index contributed by atoms with van der Waals surface area (Å²) in [6, 6.07) is 6.69. The molecule has 0 aromatic heterocycles. The van der Waals surface area contributed by atoms with Gasteiger partial charge in [0, 0.05) is 24.4 Å². The smallest absolute Gasteiger partial charge is 0.191 e. The van der Waals surface area contributed by atoms with E-state index in [4.69, 9.17) is 4.74 Å². The number of hydrogen-bond donors (Lipinski definition) is 2. The van der Waals surface area contributed by atoms with Crippen LogP contribution in [0.25, 0.3) is 0 Å². The molecule has 23 heavy (non-hydrogen) atoms. The van der Waals surface area contributed by atoms with Crippen molar-refractivity contribution in [3.05, 3.63) is 30.1 Å². The van der Waals surface area contributed by atoms with Gasteiger partial charge in [0.05, 0.1) is 6.54 Å². The Balaban J connectivity index is 1.74. The zero-order valence-electron chi connectivity index (χ0n) is 14.0. The Bertz CT molecular complexity index is 526. The molecule has 1 aromatic rings. The predicted molar refractivity (Wildman–Crippen MR) is 95.9 cm³/mol. The molecule has 3 atom stereocenters.